The summed E-state index contributed by atoms with van der Waals surface area (Å²) >= 11 is 0. The molecule has 0 aromatic carbocycles. The smallest absolute Gasteiger partial charge is 0.239 e. The van der Waals surface area contributed by atoms with Gasteiger partial charge >= 0.3 is 0 Å². The Balaban J connectivity index is 0.000000437. The first-order valence-electron chi connectivity index (χ1n) is 23.1. The maximum absolute atomic E-state index is 11.1. The van der Waals surface area contributed by atoms with Crippen LogP contribution in [0.1, 0.15) is 94.9 Å². The average molecular weight is 1110 g/mol. The predicted molar refractivity (Wildman–Crippen MR) is 269 cm³/mol. The van der Waals surface area contributed by atoms with Crippen LogP contribution in [0.3, 0.4) is 0 Å². The number of rotatable bonds is 15. The summed E-state index contributed by atoms with van der Waals surface area (Å²) < 4.78 is 138. The average Bonchev–Trinajstić information content (AvgIpc) is 3.20. The fourth-order valence-electron chi connectivity index (χ4n) is 7.31. The van der Waals surface area contributed by atoms with Gasteiger partial charge in [-0.1, -0.05) is 0 Å². The molecule has 8 atom stereocenters. The minimum atomic E-state index is -3.70. The number of nitrogens with zero attached hydrogens (tertiary/aromatic N) is 1. The zero-order valence-corrected chi connectivity index (χ0v) is 46.3. The van der Waals surface area contributed by atoms with Crippen molar-refractivity contribution < 1.29 is 65.8 Å². The molecule has 1 aromatic rings. The second-order valence-corrected chi connectivity index (χ2v) is 27.7. The van der Waals surface area contributed by atoms with Crippen LogP contribution in [-0.2, 0) is 69.1 Å². The topological polar surface area (TPSA) is 408 Å². The van der Waals surface area contributed by atoms with Crippen LogP contribution in [0.2, 0.25) is 0 Å². The minimum Gasteiger partial charge on any atom is -0.489 e. The number of ether oxygens (including phenoxy) is 5. The third-order valence-corrected chi connectivity index (χ3v) is 16.2. The van der Waals surface area contributed by atoms with E-state index >= 15 is 0 Å². The fourth-order valence-corrected chi connectivity index (χ4v) is 11.1. The molecule has 0 aliphatic carbocycles. The molecule has 25 nitrogen and oxygen atoms in total. The van der Waals surface area contributed by atoms with Gasteiger partial charge in [0.1, 0.15) is 10.6 Å². The van der Waals surface area contributed by atoms with Crippen LogP contribution in [0.15, 0.2) is 23.4 Å². The van der Waals surface area contributed by atoms with Gasteiger partial charge in [-0.25, -0.2) is 67.8 Å². The molecule has 4 saturated heterocycles. The van der Waals surface area contributed by atoms with Gasteiger partial charge in [0, 0.05) is 64.6 Å². The van der Waals surface area contributed by atoms with E-state index in [1.54, 1.807) is 0 Å². The molecule has 5 heterocycles. The molecule has 5 rings (SSSR count). The molecule has 0 saturated carbocycles. The Kier molecular flexibility index (Phi) is 28.9. The Morgan fingerprint density at radius 3 is 0.886 bits per heavy atom. The Morgan fingerprint density at radius 2 is 0.686 bits per heavy atom. The van der Waals surface area contributed by atoms with E-state index in [0.29, 0.717) is 83.8 Å². The Hall–Kier alpha value is -1.82. The maximum atomic E-state index is 11.1. The highest BCUT2D eigenvalue weighted by molar-refractivity contribution is 7.90. The summed E-state index contributed by atoms with van der Waals surface area (Å²) in [5, 5.41) is 35.2. The zero-order chi connectivity index (χ0) is 53.8. The van der Waals surface area contributed by atoms with E-state index in [1.165, 1.54) is 18.5 Å². The van der Waals surface area contributed by atoms with Crippen molar-refractivity contribution in [2.75, 3.05) is 52.4 Å². The standard InChI is InChI=1S/4C8H18N2O3S.C8H12N2O3S/c5*1-6(2)13-7-3-8(5-10-4-7)14(9,11)12/h4*6-8,10H,3-5H2,1-2H3,(H2,9,11,12);3-6H,1-2H3,(H2,9,11,12)/t2*7-,8?;7-,8+;7-,8-;/m1010./s1. The van der Waals surface area contributed by atoms with Crippen molar-refractivity contribution in [2.24, 2.45) is 25.7 Å². The number of piperidine rings is 4. The molecular weight excluding hydrogens is 1020 g/mol. The van der Waals surface area contributed by atoms with Crippen LogP contribution >= 0.6 is 0 Å². The summed E-state index contributed by atoms with van der Waals surface area (Å²) in [6.07, 6.45) is 4.80. The molecule has 4 fully saturated rings. The second-order valence-electron chi connectivity index (χ2n) is 18.7. The SMILES string of the molecule is CC(C)O[C@@H]1CNCC(S(N)(=O)=O)C1.CC(C)O[C@@H]1CNC[C@@H](S(N)(=O)=O)C1.CC(C)O[C@H]1CNCC(S(N)(=O)=O)C1.CC(C)O[C@H]1CNC[C@@H](S(N)(=O)=O)C1.CC(C)Oc1cncc(S(N)(=O)=O)c1. The molecule has 0 amide bonds. The first kappa shape index (κ1) is 66.2. The summed E-state index contributed by atoms with van der Waals surface area (Å²) in [6.45, 7) is 23.6. The molecular formula is C40H84N10O15S5. The van der Waals surface area contributed by atoms with Gasteiger partial charge in [-0.2, -0.15) is 0 Å². The van der Waals surface area contributed by atoms with E-state index < -0.39 is 71.1 Å². The normalized spacial score (nSPS) is 25.9. The van der Waals surface area contributed by atoms with Gasteiger partial charge in [-0.3, -0.25) is 4.98 Å². The van der Waals surface area contributed by atoms with Crippen molar-refractivity contribution in [1.29, 1.82) is 0 Å². The molecule has 0 spiro atoms. The highest BCUT2D eigenvalue weighted by atomic mass is 32.2. The lowest BCUT2D eigenvalue weighted by Crippen LogP contribution is -2.49. The van der Waals surface area contributed by atoms with E-state index in [9.17, 15) is 42.1 Å². The van der Waals surface area contributed by atoms with Crippen LogP contribution < -0.4 is 51.7 Å². The quantitative estimate of drug-likeness (QED) is 0.0939. The van der Waals surface area contributed by atoms with Gasteiger partial charge in [0.05, 0.1) is 82.1 Å². The Bertz CT molecular complexity index is 2010. The van der Waals surface area contributed by atoms with Gasteiger partial charge < -0.3 is 45.0 Å². The number of sulfonamides is 5. The molecule has 1 aromatic heterocycles. The molecule has 0 bridgehead atoms. The molecule has 4 aliphatic rings. The van der Waals surface area contributed by atoms with Gasteiger partial charge in [0.15, 0.2) is 0 Å². The first-order valence-corrected chi connectivity index (χ1v) is 31.1. The van der Waals surface area contributed by atoms with Crippen LogP contribution in [0.4, 0.5) is 0 Å². The molecule has 4 aliphatic heterocycles. The number of nitrogens with two attached hydrogens (primary N) is 5. The van der Waals surface area contributed by atoms with Gasteiger partial charge in [0.25, 0.3) is 0 Å². The number of primary sulfonamides is 5. The van der Waals surface area contributed by atoms with E-state index in [2.05, 4.69) is 26.3 Å². The third kappa shape index (κ3) is 29.2. The summed E-state index contributed by atoms with van der Waals surface area (Å²) in [5.41, 5.74) is 0. The van der Waals surface area contributed by atoms with E-state index in [-0.39, 0.29) is 59.8 Å². The van der Waals surface area contributed by atoms with Crippen LogP contribution in [0.5, 0.6) is 5.75 Å². The number of aromatic nitrogens is 1. The number of pyridine rings is 1. The van der Waals surface area contributed by atoms with Crippen LogP contribution in [0.25, 0.3) is 0 Å². The number of hydrogen-bond donors (Lipinski definition) is 9. The van der Waals surface area contributed by atoms with E-state index in [1.807, 2.05) is 69.2 Å². The molecule has 2 unspecified atom stereocenters. The lowest BCUT2D eigenvalue weighted by atomic mass is 10.1. The number of hydrogen-bond acceptors (Lipinski definition) is 20. The summed E-state index contributed by atoms with van der Waals surface area (Å²) in [7, 11) is -17.5. The largest absolute Gasteiger partial charge is 0.489 e. The summed E-state index contributed by atoms with van der Waals surface area (Å²) in [5.74, 6) is 0.395. The highest BCUT2D eigenvalue weighted by Gasteiger charge is 2.33. The van der Waals surface area contributed by atoms with Crippen molar-refractivity contribution in [2.45, 2.75) is 176 Å². The lowest BCUT2D eigenvalue weighted by molar-refractivity contribution is -0.00375. The molecule has 0 radical (unpaired) electrons. The lowest BCUT2D eigenvalue weighted by Gasteiger charge is -2.29. The van der Waals surface area contributed by atoms with Crippen molar-refractivity contribution in [3.8, 4) is 5.75 Å². The van der Waals surface area contributed by atoms with Crippen molar-refractivity contribution >= 4 is 50.1 Å². The van der Waals surface area contributed by atoms with Crippen molar-refractivity contribution in [3.05, 3.63) is 18.5 Å². The fraction of sp³-hybridized carbons (Fsp3) is 0.875. The second kappa shape index (κ2) is 30.5. The highest BCUT2D eigenvalue weighted by Crippen LogP contribution is 2.18. The third-order valence-electron chi connectivity index (χ3n) is 10.2. The van der Waals surface area contributed by atoms with E-state index in [0.717, 1.165) is 0 Å². The molecule has 30 heteroatoms. The summed E-state index contributed by atoms with van der Waals surface area (Å²) in [6, 6.07) is 1.35. The van der Waals surface area contributed by atoms with Gasteiger partial charge in [0.2, 0.25) is 50.1 Å². The predicted octanol–water partition coefficient (Wildman–Crippen LogP) is -1.76. The van der Waals surface area contributed by atoms with Crippen molar-refractivity contribution in [3.63, 3.8) is 0 Å². The maximum Gasteiger partial charge on any atom is 0.239 e. The minimum absolute atomic E-state index is 0.0347. The molecule has 414 valence electrons. The van der Waals surface area contributed by atoms with Crippen LogP contribution in [0, 0.1) is 0 Å². The van der Waals surface area contributed by atoms with Crippen LogP contribution in [-0.4, -0.2) is 175 Å². The van der Waals surface area contributed by atoms with Crippen molar-refractivity contribution in [1.82, 2.24) is 26.3 Å². The first-order chi connectivity index (χ1) is 32.0. The van der Waals surface area contributed by atoms with Gasteiger partial charge in [-0.15, -0.1) is 0 Å². The Morgan fingerprint density at radius 1 is 0.429 bits per heavy atom. The Labute approximate surface area is 418 Å². The number of nitrogens with one attached hydrogen (secondary N) is 4. The molecule has 70 heavy (non-hydrogen) atoms. The zero-order valence-electron chi connectivity index (χ0n) is 42.2. The molecule has 14 N–H and O–H groups in total. The van der Waals surface area contributed by atoms with Gasteiger partial charge in [-0.05, 0) is 94.9 Å². The summed E-state index contributed by atoms with van der Waals surface area (Å²) in [4.78, 5) is 3.67. The van der Waals surface area contributed by atoms with E-state index in [4.69, 9.17) is 49.4 Å². The monoisotopic (exact) mass is 1100 g/mol.